The van der Waals surface area contributed by atoms with Crippen molar-refractivity contribution >= 4 is 40.7 Å². The molecule has 3 aromatic rings. The van der Waals surface area contributed by atoms with Gasteiger partial charge in [-0.1, -0.05) is 47.5 Å². The topological polar surface area (TPSA) is 58.2 Å². The highest BCUT2D eigenvalue weighted by Gasteiger charge is 2.59. The van der Waals surface area contributed by atoms with Crippen LogP contribution in [-0.2, 0) is 15.0 Å². The first kappa shape index (κ1) is 21.9. The van der Waals surface area contributed by atoms with Gasteiger partial charge in [0.15, 0.2) is 0 Å². The number of rotatable bonds is 2. The zero-order valence-corrected chi connectivity index (χ0v) is 19.3. The zero-order valence-electron chi connectivity index (χ0n) is 17.8. The Bertz CT molecular complexity index is 1300. The smallest absolute Gasteiger partial charge is 0.236 e. The molecule has 1 saturated heterocycles. The standard InChI is InChI=1S/C26H21Cl2FN2O2/c1-14-5-7-18(29)11-19(14)22-13-30-24(32)12-21(15-3-2-4-16(27)9-15)26(22)20-8-6-17(28)10-23(20)31-25(26)33/h2-11,21-22H,12-13H2,1H3,(H,30,32)(H,31,33)/t21-,22+,26-/m0/s1. The first-order valence-corrected chi connectivity index (χ1v) is 11.5. The highest BCUT2D eigenvalue weighted by Crippen LogP contribution is 2.57. The fourth-order valence-electron chi connectivity index (χ4n) is 5.50. The maximum atomic E-state index is 14.5. The van der Waals surface area contributed by atoms with Crippen molar-refractivity contribution in [3.63, 3.8) is 0 Å². The van der Waals surface area contributed by atoms with Crippen molar-refractivity contribution < 1.29 is 14.0 Å². The Morgan fingerprint density at radius 2 is 1.76 bits per heavy atom. The predicted octanol–water partition coefficient (Wildman–Crippen LogP) is 5.72. The second-order valence-corrected chi connectivity index (χ2v) is 9.56. The first-order chi connectivity index (χ1) is 15.8. The summed E-state index contributed by atoms with van der Waals surface area (Å²) < 4.78 is 14.5. The molecule has 0 bridgehead atoms. The lowest BCUT2D eigenvalue weighted by molar-refractivity contribution is -0.123. The Hall–Kier alpha value is -2.89. The number of benzene rings is 3. The molecule has 1 fully saturated rings. The molecule has 4 nitrogen and oxygen atoms in total. The summed E-state index contributed by atoms with van der Waals surface area (Å²) in [5.74, 6) is -1.86. The summed E-state index contributed by atoms with van der Waals surface area (Å²) in [6, 6.07) is 17.1. The summed E-state index contributed by atoms with van der Waals surface area (Å²) in [5, 5.41) is 6.97. The van der Waals surface area contributed by atoms with Gasteiger partial charge in [0.05, 0.1) is 5.41 Å². The molecule has 0 radical (unpaired) electrons. The number of carbonyl (C=O) groups is 2. The van der Waals surface area contributed by atoms with Crippen LogP contribution in [0.3, 0.4) is 0 Å². The van der Waals surface area contributed by atoms with Gasteiger partial charge in [-0.3, -0.25) is 9.59 Å². The highest BCUT2D eigenvalue weighted by atomic mass is 35.5. The Morgan fingerprint density at radius 3 is 2.55 bits per heavy atom. The van der Waals surface area contributed by atoms with Crippen molar-refractivity contribution in [1.29, 1.82) is 0 Å². The predicted molar refractivity (Wildman–Crippen MR) is 127 cm³/mol. The summed E-state index contributed by atoms with van der Waals surface area (Å²) in [4.78, 5) is 26.9. The van der Waals surface area contributed by atoms with Crippen LogP contribution in [0.5, 0.6) is 0 Å². The SMILES string of the molecule is Cc1ccc(F)cc1[C@H]1CNC(=O)C[C@@H](c2cccc(Cl)c2)[C@]12C(=O)Nc1cc(Cl)ccc12. The van der Waals surface area contributed by atoms with E-state index in [1.165, 1.54) is 12.1 Å². The van der Waals surface area contributed by atoms with Crippen molar-refractivity contribution in [2.24, 2.45) is 0 Å². The van der Waals surface area contributed by atoms with Crippen molar-refractivity contribution in [3.8, 4) is 0 Å². The molecule has 168 valence electrons. The molecule has 1 spiro atoms. The molecule has 2 heterocycles. The molecule has 0 saturated carbocycles. The van der Waals surface area contributed by atoms with E-state index in [2.05, 4.69) is 10.6 Å². The number of halogens is 3. The lowest BCUT2D eigenvalue weighted by Crippen LogP contribution is -2.47. The summed E-state index contributed by atoms with van der Waals surface area (Å²) in [6.45, 7) is 2.08. The van der Waals surface area contributed by atoms with Crippen LogP contribution in [0.1, 0.15) is 40.5 Å². The molecule has 2 amide bonds. The lowest BCUT2D eigenvalue weighted by atomic mass is 9.58. The van der Waals surface area contributed by atoms with Crippen molar-refractivity contribution in [3.05, 3.63) is 98.8 Å². The lowest BCUT2D eigenvalue weighted by Gasteiger charge is -2.41. The highest BCUT2D eigenvalue weighted by molar-refractivity contribution is 6.31. The molecule has 0 aromatic heterocycles. The molecular formula is C26H21Cl2FN2O2. The molecule has 5 rings (SSSR count). The van der Waals surface area contributed by atoms with Gasteiger partial charge in [0.25, 0.3) is 0 Å². The van der Waals surface area contributed by atoms with E-state index in [0.29, 0.717) is 21.3 Å². The summed E-state index contributed by atoms with van der Waals surface area (Å²) in [5.41, 5.74) is 2.47. The van der Waals surface area contributed by atoms with Gasteiger partial charge in [0.2, 0.25) is 11.8 Å². The van der Waals surface area contributed by atoms with Crippen LogP contribution in [0.15, 0.2) is 60.7 Å². The molecule has 7 heteroatoms. The number of hydrogen-bond acceptors (Lipinski definition) is 2. The second kappa shape index (κ2) is 8.15. The molecule has 2 aliphatic rings. The third-order valence-electron chi connectivity index (χ3n) is 6.91. The maximum Gasteiger partial charge on any atom is 0.236 e. The van der Waals surface area contributed by atoms with Crippen molar-refractivity contribution in [2.45, 2.75) is 30.6 Å². The van der Waals surface area contributed by atoms with Crippen LogP contribution in [0.25, 0.3) is 0 Å². The van der Waals surface area contributed by atoms with Crippen LogP contribution in [0.2, 0.25) is 10.0 Å². The quantitative estimate of drug-likeness (QED) is 0.490. The average Bonchev–Trinajstić information content (AvgIpc) is 2.95. The number of nitrogens with one attached hydrogen (secondary N) is 2. The number of anilines is 1. The number of aryl methyl sites for hydroxylation is 1. The van der Waals surface area contributed by atoms with Crippen LogP contribution in [0, 0.1) is 12.7 Å². The average molecular weight is 483 g/mol. The minimum atomic E-state index is -1.18. The fourth-order valence-corrected chi connectivity index (χ4v) is 5.88. The first-order valence-electron chi connectivity index (χ1n) is 10.7. The largest absolute Gasteiger partial charge is 0.355 e. The number of amides is 2. The number of fused-ring (bicyclic) bond motifs is 2. The summed E-state index contributed by atoms with van der Waals surface area (Å²) >= 11 is 12.6. The molecule has 0 aliphatic carbocycles. The van der Waals surface area contributed by atoms with Gasteiger partial charge in [0.1, 0.15) is 5.82 Å². The molecule has 2 N–H and O–H groups in total. The zero-order chi connectivity index (χ0) is 23.3. The van der Waals surface area contributed by atoms with Gasteiger partial charge in [-0.05, 0) is 65.6 Å². The molecule has 2 aliphatic heterocycles. The summed E-state index contributed by atoms with van der Waals surface area (Å²) in [6.07, 6.45) is 0.0840. The minimum Gasteiger partial charge on any atom is -0.355 e. The van der Waals surface area contributed by atoms with E-state index in [4.69, 9.17) is 23.2 Å². The Kier molecular flexibility index (Phi) is 5.42. The fraction of sp³-hybridized carbons (Fsp3) is 0.231. The van der Waals surface area contributed by atoms with Gasteiger partial charge in [-0.25, -0.2) is 4.39 Å². The van der Waals surface area contributed by atoms with Crippen molar-refractivity contribution in [1.82, 2.24) is 5.32 Å². The van der Waals surface area contributed by atoms with Crippen LogP contribution in [-0.4, -0.2) is 18.4 Å². The molecule has 3 aromatic carbocycles. The van der Waals surface area contributed by atoms with Crippen LogP contribution in [0.4, 0.5) is 10.1 Å². The van der Waals surface area contributed by atoms with E-state index >= 15 is 0 Å². The molecule has 0 unspecified atom stereocenters. The number of carbonyl (C=O) groups excluding carboxylic acids is 2. The van der Waals surface area contributed by atoms with E-state index in [0.717, 1.165) is 16.7 Å². The Morgan fingerprint density at radius 1 is 0.970 bits per heavy atom. The van der Waals surface area contributed by atoms with Crippen LogP contribution >= 0.6 is 23.2 Å². The van der Waals surface area contributed by atoms with Crippen LogP contribution < -0.4 is 10.6 Å². The van der Waals surface area contributed by atoms with E-state index in [1.807, 2.05) is 25.1 Å². The molecule has 3 atom stereocenters. The Balaban J connectivity index is 1.85. The van der Waals surface area contributed by atoms with Crippen molar-refractivity contribution in [2.75, 3.05) is 11.9 Å². The van der Waals surface area contributed by atoms with E-state index in [9.17, 15) is 14.0 Å². The van der Waals surface area contributed by atoms with E-state index < -0.39 is 23.1 Å². The Labute approximate surface area is 201 Å². The minimum absolute atomic E-state index is 0.0840. The molecule has 33 heavy (non-hydrogen) atoms. The van der Waals surface area contributed by atoms with Gasteiger partial charge in [-0.15, -0.1) is 0 Å². The molecular weight excluding hydrogens is 462 g/mol. The van der Waals surface area contributed by atoms with Gasteiger partial charge >= 0.3 is 0 Å². The van der Waals surface area contributed by atoms with E-state index in [-0.39, 0.29) is 24.8 Å². The van der Waals surface area contributed by atoms with E-state index in [1.54, 1.807) is 30.3 Å². The van der Waals surface area contributed by atoms with Gasteiger partial charge in [-0.2, -0.15) is 0 Å². The second-order valence-electron chi connectivity index (χ2n) is 8.68. The third kappa shape index (κ3) is 3.51. The maximum absolute atomic E-state index is 14.5. The van der Waals surface area contributed by atoms with Gasteiger partial charge < -0.3 is 10.6 Å². The van der Waals surface area contributed by atoms with Gasteiger partial charge in [0, 0.05) is 40.5 Å². The summed E-state index contributed by atoms with van der Waals surface area (Å²) in [7, 11) is 0. The monoisotopic (exact) mass is 482 g/mol. The third-order valence-corrected chi connectivity index (χ3v) is 7.38. The number of hydrogen-bond donors (Lipinski definition) is 2. The normalized spacial score (nSPS) is 24.2.